The van der Waals surface area contributed by atoms with Crippen molar-refractivity contribution in [1.82, 2.24) is 14.5 Å². The lowest BCUT2D eigenvalue weighted by atomic mass is 10.2. The molecule has 1 aliphatic heterocycles. The molecule has 3 heterocycles. The van der Waals surface area contributed by atoms with Crippen molar-refractivity contribution in [2.75, 3.05) is 24.3 Å². The van der Waals surface area contributed by atoms with Gasteiger partial charge in [0, 0.05) is 12.8 Å². The van der Waals surface area contributed by atoms with Gasteiger partial charge in [0.15, 0.2) is 10.8 Å². The normalized spacial score (nSPS) is 15.8. The standard InChI is InChI=1S/C22H24N4O4S/c1-2-29-18-10-4-3-9-17(18)24-19(27)14-31-22-25-20-16(8-5-11-23-20)21(28)26(22)13-15-7-6-12-30-15/h3-5,8-11,15H,2,6-7,12-14H2,1H3,(H,24,27)/t15-/m1/s1. The number of ether oxygens (including phenoxy) is 2. The highest BCUT2D eigenvalue weighted by molar-refractivity contribution is 7.99. The summed E-state index contributed by atoms with van der Waals surface area (Å²) in [7, 11) is 0. The number of thioether (sulfide) groups is 1. The summed E-state index contributed by atoms with van der Waals surface area (Å²) in [6.45, 7) is 3.51. The fraction of sp³-hybridized carbons (Fsp3) is 0.364. The van der Waals surface area contributed by atoms with E-state index in [1.54, 1.807) is 29.0 Å². The van der Waals surface area contributed by atoms with Gasteiger partial charge in [-0.2, -0.15) is 0 Å². The number of benzene rings is 1. The Kier molecular flexibility index (Phi) is 6.83. The second-order valence-corrected chi connectivity index (χ2v) is 8.03. The van der Waals surface area contributed by atoms with Crippen LogP contribution < -0.4 is 15.6 Å². The lowest BCUT2D eigenvalue weighted by Gasteiger charge is -2.16. The average Bonchev–Trinajstić information content (AvgIpc) is 3.29. The molecule has 0 bridgehead atoms. The zero-order chi connectivity index (χ0) is 21.6. The molecule has 1 amide bonds. The van der Waals surface area contributed by atoms with Gasteiger partial charge in [0.25, 0.3) is 5.56 Å². The molecular formula is C22H24N4O4S. The van der Waals surface area contributed by atoms with E-state index in [0.29, 0.717) is 47.4 Å². The number of fused-ring (bicyclic) bond motifs is 1. The highest BCUT2D eigenvalue weighted by Gasteiger charge is 2.21. The number of carbonyl (C=O) groups is 1. The Morgan fingerprint density at radius 3 is 3.00 bits per heavy atom. The molecule has 1 saturated heterocycles. The largest absolute Gasteiger partial charge is 0.492 e. The van der Waals surface area contributed by atoms with Crippen LogP contribution in [-0.2, 0) is 16.1 Å². The fourth-order valence-electron chi connectivity index (χ4n) is 3.47. The molecule has 1 atom stereocenters. The summed E-state index contributed by atoms with van der Waals surface area (Å²) in [5.41, 5.74) is 0.818. The zero-order valence-corrected chi connectivity index (χ0v) is 18.1. The fourth-order valence-corrected chi connectivity index (χ4v) is 4.26. The minimum atomic E-state index is -0.212. The molecule has 2 aromatic heterocycles. The van der Waals surface area contributed by atoms with Crippen LogP contribution in [0, 0.1) is 0 Å². The van der Waals surface area contributed by atoms with Crippen molar-refractivity contribution in [2.45, 2.75) is 37.6 Å². The summed E-state index contributed by atoms with van der Waals surface area (Å²) in [6.07, 6.45) is 3.45. The van der Waals surface area contributed by atoms with Crippen LogP contribution in [0.1, 0.15) is 19.8 Å². The van der Waals surface area contributed by atoms with Crippen LogP contribution in [0.2, 0.25) is 0 Å². The van der Waals surface area contributed by atoms with E-state index in [0.717, 1.165) is 12.8 Å². The van der Waals surface area contributed by atoms with Gasteiger partial charge in [-0.1, -0.05) is 23.9 Å². The van der Waals surface area contributed by atoms with Crippen molar-refractivity contribution in [2.24, 2.45) is 0 Å². The molecule has 0 radical (unpaired) electrons. The summed E-state index contributed by atoms with van der Waals surface area (Å²) < 4.78 is 12.9. The minimum absolute atomic E-state index is 0.0279. The number of anilines is 1. The average molecular weight is 441 g/mol. The van der Waals surface area contributed by atoms with Gasteiger partial charge in [-0.15, -0.1) is 0 Å². The van der Waals surface area contributed by atoms with Crippen LogP contribution in [0.3, 0.4) is 0 Å². The van der Waals surface area contributed by atoms with Gasteiger partial charge < -0.3 is 14.8 Å². The molecule has 9 heteroatoms. The lowest BCUT2D eigenvalue weighted by molar-refractivity contribution is -0.113. The van der Waals surface area contributed by atoms with E-state index >= 15 is 0 Å². The Hall–Kier alpha value is -2.91. The third kappa shape index (κ3) is 5.05. The van der Waals surface area contributed by atoms with E-state index in [2.05, 4.69) is 15.3 Å². The zero-order valence-electron chi connectivity index (χ0n) is 17.2. The first-order valence-electron chi connectivity index (χ1n) is 10.3. The third-order valence-electron chi connectivity index (χ3n) is 4.90. The van der Waals surface area contributed by atoms with E-state index in [1.807, 2.05) is 25.1 Å². The first-order chi connectivity index (χ1) is 15.2. The summed E-state index contributed by atoms with van der Waals surface area (Å²) in [6, 6.07) is 10.7. The molecule has 0 spiro atoms. The molecule has 8 nitrogen and oxygen atoms in total. The molecule has 1 N–H and O–H groups in total. The minimum Gasteiger partial charge on any atom is -0.492 e. The SMILES string of the molecule is CCOc1ccccc1NC(=O)CSc1nc2ncccc2c(=O)n1C[C@H]1CCCO1. The highest BCUT2D eigenvalue weighted by atomic mass is 32.2. The number of para-hydroxylation sites is 2. The number of amides is 1. The molecule has 0 unspecified atom stereocenters. The predicted molar refractivity (Wildman–Crippen MR) is 120 cm³/mol. The lowest BCUT2D eigenvalue weighted by Crippen LogP contribution is -2.29. The third-order valence-corrected chi connectivity index (χ3v) is 5.87. The number of aromatic nitrogens is 3. The van der Waals surface area contributed by atoms with Gasteiger partial charge in [-0.3, -0.25) is 14.2 Å². The molecule has 3 aromatic rings. The molecule has 0 aliphatic carbocycles. The predicted octanol–water partition coefficient (Wildman–Crippen LogP) is 3.10. The first kappa shape index (κ1) is 21.3. The number of nitrogens with zero attached hydrogens (tertiary/aromatic N) is 3. The molecule has 1 fully saturated rings. The van der Waals surface area contributed by atoms with E-state index in [4.69, 9.17) is 9.47 Å². The number of nitrogens with one attached hydrogen (secondary N) is 1. The van der Waals surface area contributed by atoms with Crippen LogP contribution in [0.15, 0.2) is 52.5 Å². The van der Waals surface area contributed by atoms with Gasteiger partial charge in [0.1, 0.15) is 5.75 Å². The summed E-state index contributed by atoms with van der Waals surface area (Å²) in [4.78, 5) is 34.5. The second kappa shape index (κ2) is 9.93. The van der Waals surface area contributed by atoms with Crippen molar-refractivity contribution in [3.63, 3.8) is 0 Å². The van der Waals surface area contributed by atoms with E-state index in [9.17, 15) is 9.59 Å². The van der Waals surface area contributed by atoms with Crippen molar-refractivity contribution in [3.05, 3.63) is 52.9 Å². The Bertz CT molecular complexity index is 1130. The van der Waals surface area contributed by atoms with Crippen molar-refractivity contribution >= 4 is 34.4 Å². The van der Waals surface area contributed by atoms with Crippen LogP contribution in [0.4, 0.5) is 5.69 Å². The number of carbonyl (C=O) groups excluding carboxylic acids is 1. The highest BCUT2D eigenvalue weighted by Crippen LogP contribution is 2.25. The Morgan fingerprint density at radius 1 is 1.32 bits per heavy atom. The van der Waals surface area contributed by atoms with Crippen LogP contribution in [0.25, 0.3) is 11.0 Å². The maximum absolute atomic E-state index is 13.1. The number of hydrogen-bond donors (Lipinski definition) is 1. The molecule has 31 heavy (non-hydrogen) atoms. The molecule has 1 aromatic carbocycles. The maximum atomic E-state index is 13.1. The second-order valence-electron chi connectivity index (χ2n) is 7.09. The Morgan fingerprint density at radius 2 is 2.19 bits per heavy atom. The number of hydrogen-bond acceptors (Lipinski definition) is 7. The molecule has 1 aliphatic rings. The van der Waals surface area contributed by atoms with Gasteiger partial charge in [0.05, 0.1) is 36.1 Å². The van der Waals surface area contributed by atoms with Gasteiger partial charge in [-0.05, 0) is 44.0 Å². The topological polar surface area (TPSA) is 95.3 Å². The van der Waals surface area contributed by atoms with Crippen molar-refractivity contribution in [1.29, 1.82) is 0 Å². The summed E-state index contributed by atoms with van der Waals surface area (Å²) in [5, 5.41) is 3.79. The maximum Gasteiger partial charge on any atom is 0.263 e. The van der Waals surface area contributed by atoms with Crippen LogP contribution in [0.5, 0.6) is 5.75 Å². The number of pyridine rings is 1. The van der Waals surface area contributed by atoms with Gasteiger partial charge in [0.2, 0.25) is 5.91 Å². The Labute approximate surface area is 184 Å². The molecular weight excluding hydrogens is 416 g/mol. The quantitative estimate of drug-likeness (QED) is 0.425. The van der Waals surface area contributed by atoms with E-state index < -0.39 is 0 Å². The molecule has 0 saturated carbocycles. The molecule has 162 valence electrons. The van der Waals surface area contributed by atoms with Crippen LogP contribution in [-0.4, -0.2) is 45.5 Å². The smallest absolute Gasteiger partial charge is 0.263 e. The monoisotopic (exact) mass is 440 g/mol. The van der Waals surface area contributed by atoms with Crippen molar-refractivity contribution < 1.29 is 14.3 Å². The van der Waals surface area contributed by atoms with Crippen molar-refractivity contribution in [3.8, 4) is 5.75 Å². The Balaban J connectivity index is 1.54. The first-order valence-corrected chi connectivity index (χ1v) is 11.3. The molecule has 4 rings (SSSR count). The number of rotatable bonds is 8. The van der Waals surface area contributed by atoms with Crippen LogP contribution >= 0.6 is 11.8 Å². The van der Waals surface area contributed by atoms with E-state index in [1.165, 1.54) is 11.8 Å². The van der Waals surface area contributed by atoms with E-state index in [-0.39, 0.29) is 23.3 Å². The summed E-state index contributed by atoms with van der Waals surface area (Å²) >= 11 is 1.21. The summed E-state index contributed by atoms with van der Waals surface area (Å²) in [5.74, 6) is 0.499. The van der Waals surface area contributed by atoms with Gasteiger partial charge in [-0.25, -0.2) is 9.97 Å². The van der Waals surface area contributed by atoms with Gasteiger partial charge >= 0.3 is 0 Å².